The molecule has 0 atom stereocenters. The van der Waals surface area contributed by atoms with Crippen molar-refractivity contribution in [3.8, 4) is 0 Å². The lowest BCUT2D eigenvalue weighted by Crippen LogP contribution is -2.40. The average molecular weight is 286 g/mol. The summed E-state index contributed by atoms with van der Waals surface area (Å²) >= 11 is 0. The number of nitrogens with two attached hydrogens (primary N) is 1. The van der Waals surface area contributed by atoms with Gasteiger partial charge in [0, 0.05) is 5.54 Å². The van der Waals surface area contributed by atoms with E-state index in [4.69, 9.17) is 5.73 Å². The summed E-state index contributed by atoms with van der Waals surface area (Å²) in [5, 5.41) is 0. The lowest BCUT2D eigenvalue weighted by Gasteiger charge is -2.21. The monoisotopic (exact) mass is 286 g/mol. The van der Waals surface area contributed by atoms with Crippen LogP contribution in [0.5, 0.6) is 0 Å². The lowest BCUT2D eigenvalue weighted by molar-refractivity contribution is 0.0600. The van der Waals surface area contributed by atoms with Crippen LogP contribution in [0.3, 0.4) is 0 Å². The topological polar surface area (TPSA) is 98.5 Å². The Morgan fingerprint density at radius 3 is 2.32 bits per heavy atom. The summed E-state index contributed by atoms with van der Waals surface area (Å²) in [6.45, 7) is 5.18. The molecule has 3 N–H and O–H groups in total. The lowest BCUT2D eigenvalue weighted by atomic mass is 10.1. The van der Waals surface area contributed by atoms with Crippen LogP contribution in [0, 0.1) is 0 Å². The molecule has 0 aliphatic rings. The Balaban J connectivity index is 3.20. The molecule has 0 saturated heterocycles. The molecule has 6 nitrogen and oxygen atoms in total. The molecule has 1 aromatic carbocycles. The van der Waals surface area contributed by atoms with Crippen molar-refractivity contribution in [2.24, 2.45) is 0 Å². The Hall–Kier alpha value is -1.60. The summed E-state index contributed by atoms with van der Waals surface area (Å²) in [5.41, 5.74) is 5.28. The number of anilines is 1. The highest BCUT2D eigenvalue weighted by Gasteiger charge is 2.24. The molecule has 1 aromatic rings. The standard InChI is InChI=1S/C12H18N2O4S/c1-12(2,3)14-19(16,17)10-6-5-8(7-9(10)13)11(15)18-4/h5-7,14H,13H2,1-4H3. The maximum Gasteiger partial charge on any atom is 0.337 e. The third kappa shape index (κ3) is 3.93. The number of carbonyl (C=O) groups is 1. The zero-order valence-corrected chi connectivity index (χ0v) is 12.2. The number of benzene rings is 1. The molecule has 0 radical (unpaired) electrons. The number of sulfonamides is 1. The van der Waals surface area contributed by atoms with Crippen molar-refractivity contribution in [3.63, 3.8) is 0 Å². The molecule has 0 aromatic heterocycles. The number of nitrogen functional groups attached to an aromatic ring is 1. The van der Waals surface area contributed by atoms with E-state index >= 15 is 0 Å². The molecule has 0 spiro atoms. The SMILES string of the molecule is COC(=O)c1ccc(S(=O)(=O)NC(C)(C)C)c(N)c1. The van der Waals surface area contributed by atoms with Gasteiger partial charge < -0.3 is 10.5 Å². The number of carbonyl (C=O) groups excluding carboxylic acids is 1. The van der Waals surface area contributed by atoms with E-state index in [0.29, 0.717) is 0 Å². The summed E-state index contributed by atoms with van der Waals surface area (Å²) in [4.78, 5) is 11.3. The summed E-state index contributed by atoms with van der Waals surface area (Å²) < 4.78 is 31.3. The number of hydrogen-bond donors (Lipinski definition) is 2. The first kappa shape index (κ1) is 15.5. The molecule has 1 rings (SSSR count). The fraction of sp³-hybridized carbons (Fsp3) is 0.417. The largest absolute Gasteiger partial charge is 0.465 e. The van der Waals surface area contributed by atoms with Gasteiger partial charge in [-0.3, -0.25) is 0 Å². The highest BCUT2D eigenvalue weighted by Crippen LogP contribution is 2.21. The van der Waals surface area contributed by atoms with Gasteiger partial charge in [-0.05, 0) is 39.0 Å². The molecule has 0 aliphatic heterocycles. The molecule has 0 bridgehead atoms. The molecule has 0 saturated carbocycles. The van der Waals surface area contributed by atoms with Crippen molar-refractivity contribution in [1.82, 2.24) is 4.72 Å². The summed E-state index contributed by atoms with van der Waals surface area (Å²) in [6.07, 6.45) is 0. The van der Waals surface area contributed by atoms with Crippen LogP contribution in [0.4, 0.5) is 5.69 Å². The fourth-order valence-electron chi connectivity index (χ4n) is 1.50. The third-order valence-corrected chi connectivity index (χ3v) is 3.99. The van der Waals surface area contributed by atoms with Gasteiger partial charge in [-0.25, -0.2) is 17.9 Å². The van der Waals surface area contributed by atoms with Gasteiger partial charge in [0.15, 0.2) is 0 Å². The van der Waals surface area contributed by atoms with Crippen LogP contribution < -0.4 is 10.5 Å². The van der Waals surface area contributed by atoms with Gasteiger partial charge in [0.1, 0.15) is 4.90 Å². The van der Waals surface area contributed by atoms with E-state index in [1.165, 1.54) is 25.3 Å². The summed E-state index contributed by atoms with van der Waals surface area (Å²) in [5.74, 6) is -0.570. The Labute approximate surface area is 113 Å². The van der Waals surface area contributed by atoms with Crippen LogP contribution in [0.15, 0.2) is 23.1 Å². The second-order valence-electron chi connectivity index (χ2n) is 5.10. The highest BCUT2D eigenvalue weighted by molar-refractivity contribution is 7.89. The van der Waals surface area contributed by atoms with E-state index in [-0.39, 0.29) is 16.1 Å². The normalized spacial score (nSPS) is 12.2. The average Bonchev–Trinajstić information content (AvgIpc) is 2.24. The molecular formula is C12H18N2O4S. The molecule has 106 valence electrons. The minimum Gasteiger partial charge on any atom is -0.465 e. The Kier molecular flexibility index (Phi) is 4.21. The van der Waals surface area contributed by atoms with Gasteiger partial charge in [0.05, 0.1) is 18.4 Å². The number of rotatable bonds is 3. The van der Waals surface area contributed by atoms with Crippen LogP contribution in [0.25, 0.3) is 0 Å². The van der Waals surface area contributed by atoms with Crippen molar-refractivity contribution in [1.29, 1.82) is 0 Å². The highest BCUT2D eigenvalue weighted by atomic mass is 32.2. The number of hydrogen-bond acceptors (Lipinski definition) is 5. The van der Waals surface area contributed by atoms with Crippen LogP contribution in [0.2, 0.25) is 0 Å². The molecule has 0 aliphatic carbocycles. The molecule has 19 heavy (non-hydrogen) atoms. The summed E-state index contributed by atoms with van der Waals surface area (Å²) in [7, 11) is -2.48. The maximum absolute atomic E-state index is 12.1. The number of methoxy groups -OCH3 is 1. The Morgan fingerprint density at radius 2 is 1.89 bits per heavy atom. The van der Waals surface area contributed by atoms with E-state index in [9.17, 15) is 13.2 Å². The first-order valence-corrected chi connectivity index (χ1v) is 7.07. The minimum absolute atomic E-state index is 0.000324. The quantitative estimate of drug-likeness (QED) is 0.641. The first-order valence-electron chi connectivity index (χ1n) is 5.58. The van der Waals surface area contributed by atoms with Crippen molar-refractivity contribution in [3.05, 3.63) is 23.8 Å². The molecule has 0 fully saturated rings. The van der Waals surface area contributed by atoms with Crippen LogP contribution in [0.1, 0.15) is 31.1 Å². The van der Waals surface area contributed by atoms with Crippen molar-refractivity contribution >= 4 is 21.7 Å². The maximum atomic E-state index is 12.1. The Morgan fingerprint density at radius 1 is 1.32 bits per heavy atom. The van der Waals surface area contributed by atoms with Crippen LogP contribution >= 0.6 is 0 Å². The summed E-state index contributed by atoms with van der Waals surface area (Å²) in [6, 6.07) is 3.93. The second kappa shape index (κ2) is 5.18. The smallest absolute Gasteiger partial charge is 0.337 e. The van der Waals surface area contributed by atoms with Gasteiger partial charge >= 0.3 is 5.97 Å². The first-order chi connectivity index (χ1) is 8.57. The molecule has 7 heteroatoms. The fourth-order valence-corrected chi connectivity index (χ4v) is 3.03. The van der Waals surface area contributed by atoms with E-state index in [2.05, 4.69) is 9.46 Å². The Bertz CT molecular complexity index is 588. The third-order valence-electron chi connectivity index (χ3n) is 2.16. The molecule has 0 unspecified atom stereocenters. The zero-order chi connectivity index (χ0) is 14.8. The predicted molar refractivity (Wildman–Crippen MR) is 72.3 cm³/mol. The van der Waals surface area contributed by atoms with Gasteiger partial charge in [-0.15, -0.1) is 0 Å². The van der Waals surface area contributed by atoms with E-state index in [0.717, 1.165) is 0 Å². The zero-order valence-electron chi connectivity index (χ0n) is 11.4. The van der Waals surface area contributed by atoms with Crippen LogP contribution in [-0.2, 0) is 14.8 Å². The van der Waals surface area contributed by atoms with Crippen molar-refractivity contribution in [2.45, 2.75) is 31.2 Å². The predicted octanol–water partition coefficient (Wildman–Crippen LogP) is 1.13. The number of esters is 1. The van der Waals surface area contributed by atoms with Crippen molar-refractivity contribution in [2.75, 3.05) is 12.8 Å². The second-order valence-corrected chi connectivity index (χ2v) is 6.75. The minimum atomic E-state index is -3.72. The number of nitrogens with one attached hydrogen (secondary N) is 1. The van der Waals surface area contributed by atoms with Gasteiger partial charge in [-0.2, -0.15) is 0 Å². The van der Waals surface area contributed by atoms with Gasteiger partial charge in [0.25, 0.3) is 0 Å². The molecule has 0 heterocycles. The molecule has 0 amide bonds. The van der Waals surface area contributed by atoms with E-state index in [1.54, 1.807) is 20.8 Å². The van der Waals surface area contributed by atoms with E-state index in [1.807, 2.05) is 0 Å². The van der Waals surface area contributed by atoms with Crippen molar-refractivity contribution < 1.29 is 17.9 Å². The van der Waals surface area contributed by atoms with Gasteiger partial charge in [-0.1, -0.05) is 0 Å². The number of ether oxygens (including phenoxy) is 1. The van der Waals surface area contributed by atoms with Gasteiger partial charge in [0.2, 0.25) is 10.0 Å². The van der Waals surface area contributed by atoms with Crippen LogP contribution in [-0.4, -0.2) is 27.0 Å². The molecular weight excluding hydrogens is 268 g/mol. The van der Waals surface area contributed by atoms with E-state index < -0.39 is 21.5 Å².